The molecule has 1 aliphatic rings. The van der Waals surface area contributed by atoms with E-state index in [1.807, 2.05) is 43.3 Å². The van der Waals surface area contributed by atoms with Crippen molar-refractivity contribution in [3.63, 3.8) is 0 Å². The van der Waals surface area contributed by atoms with E-state index in [4.69, 9.17) is 14.2 Å². The lowest BCUT2D eigenvalue weighted by molar-refractivity contribution is -0.117. The molecule has 0 radical (unpaired) electrons. The van der Waals surface area contributed by atoms with E-state index in [1.165, 1.54) is 11.1 Å². The summed E-state index contributed by atoms with van der Waals surface area (Å²) in [7, 11) is 3.28. The molecule has 0 spiro atoms. The van der Waals surface area contributed by atoms with Gasteiger partial charge >= 0.3 is 0 Å². The van der Waals surface area contributed by atoms with Crippen LogP contribution in [0.25, 0.3) is 0 Å². The molecule has 0 unspecified atom stereocenters. The molecule has 1 amide bonds. The molecule has 0 fully saturated rings. The van der Waals surface area contributed by atoms with Gasteiger partial charge in [-0.15, -0.1) is 0 Å². The molecule has 2 aromatic carbocycles. The molecule has 0 bridgehead atoms. The first-order valence-corrected chi connectivity index (χ1v) is 9.11. The quantitative estimate of drug-likeness (QED) is 0.812. The number of benzene rings is 2. The number of methoxy groups -OCH3 is 2. The Labute approximate surface area is 160 Å². The summed E-state index contributed by atoms with van der Waals surface area (Å²) < 4.78 is 16.2. The number of fused-ring (bicyclic) bond motifs is 1. The van der Waals surface area contributed by atoms with Crippen molar-refractivity contribution in [1.29, 1.82) is 0 Å². The van der Waals surface area contributed by atoms with E-state index in [0.29, 0.717) is 19.7 Å². The third-order valence-corrected chi connectivity index (χ3v) is 4.61. The van der Waals surface area contributed by atoms with Gasteiger partial charge in [0.2, 0.25) is 5.91 Å². The van der Waals surface area contributed by atoms with Crippen LogP contribution in [0.2, 0.25) is 0 Å². The van der Waals surface area contributed by atoms with Crippen LogP contribution in [0.15, 0.2) is 36.4 Å². The van der Waals surface area contributed by atoms with Crippen molar-refractivity contribution in [2.45, 2.75) is 19.9 Å². The van der Waals surface area contributed by atoms with E-state index in [1.54, 1.807) is 14.2 Å². The fourth-order valence-electron chi connectivity index (χ4n) is 3.28. The second-order valence-corrected chi connectivity index (χ2v) is 6.44. The summed E-state index contributed by atoms with van der Waals surface area (Å²) in [5.74, 6) is 2.24. The molecule has 0 saturated heterocycles. The van der Waals surface area contributed by atoms with Crippen molar-refractivity contribution in [3.8, 4) is 17.2 Å². The molecule has 3 rings (SSSR count). The minimum Gasteiger partial charge on any atom is -0.494 e. The number of hydrogen-bond acceptors (Lipinski definition) is 5. The first kappa shape index (κ1) is 19.0. The van der Waals surface area contributed by atoms with Gasteiger partial charge in [-0.1, -0.05) is 0 Å². The topological polar surface area (TPSA) is 60.0 Å². The summed E-state index contributed by atoms with van der Waals surface area (Å²) in [6.45, 7) is 4.46. The largest absolute Gasteiger partial charge is 0.494 e. The smallest absolute Gasteiger partial charge is 0.238 e. The van der Waals surface area contributed by atoms with Crippen LogP contribution >= 0.6 is 0 Å². The van der Waals surface area contributed by atoms with Gasteiger partial charge < -0.3 is 19.5 Å². The van der Waals surface area contributed by atoms with Gasteiger partial charge in [0.1, 0.15) is 5.75 Å². The van der Waals surface area contributed by atoms with Crippen molar-refractivity contribution < 1.29 is 19.0 Å². The number of ether oxygens (including phenoxy) is 3. The molecule has 0 aliphatic carbocycles. The third kappa shape index (κ3) is 4.71. The standard InChI is InChI=1S/C21H26N2O4/c1-4-27-18-7-5-17(6-8-18)22-21(24)14-23-10-9-15-11-19(25-2)20(26-3)12-16(15)13-23/h5-8,11-12H,4,9-10,13-14H2,1-3H3,(H,22,24). The molecule has 1 aliphatic heterocycles. The molecule has 2 aromatic rings. The number of hydrogen-bond donors (Lipinski definition) is 1. The second-order valence-electron chi connectivity index (χ2n) is 6.44. The first-order chi connectivity index (χ1) is 13.1. The Balaban J connectivity index is 1.59. The van der Waals surface area contributed by atoms with Crippen molar-refractivity contribution in [2.75, 3.05) is 39.2 Å². The number of nitrogens with one attached hydrogen (secondary N) is 1. The molecule has 0 saturated carbocycles. The summed E-state index contributed by atoms with van der Waals surface area (Å²) in [6.07, 6.45) is 0.881. The number of carbonyl (C=O) groups excluding carboxylic acids is 1. The zero-order valence-corrected chi connectivity index (χ0v) is 16.1. The van der Waals surface area contributed by atoms with Gasteiger partial charge in [0.05, 0.1) is 27.4 Å². The Morgan fingerprint density at radius 3 is 2.37 bits per heavy atom. The zero-order valence-electron chi connectivity index (χ0n) is 16.1. The lowest BCUT2D eigenvalue weighted by atomic mass is 9.99. The summed E-state index contributed by atoms with van der Waals surface area (Å²) in [4.78, 5) is 14.5. The number of nitrogens with zero attached hydrogens (tertiary/aromatic N) is 1. The van der Waals surface area contributed by atoms with Crippen molar-refractivity contribution in [1.82, 2.24) is 4.90 Å². The summed E-state index contributed by atoms with van der Waals surface area (Å²) >= 11 is 0. The highest BCUT2D eigenvalue weighted by atomic mass is 16.5. The number of carbonyl (C=O) groups is 1. The molecular formula is C21H26N2O4. The molecular weight excluding hydrogens is 344 g/mol. The SMILES string of the molecule is CCOc1ccc(NC(=O)CN2CCc3cc(OC)c(OC)cc3C2)cc1. The average molecular weight is 370 g/mol. The summed E-state index contributed by atoms with van der Waals surface area (Å²) in [5, 5.41) is 2.94. The van der Waals surface area contributed by atoms with Gasteiger partial charge in [-0.3, -0.25) is 9.69 Å². The van der Waals surface area contributed by atoms with E-state index in [-0.39, 0.29) is 5.91 Å². The van der Waals surface area contributed by atoms with E-state index < -0.39 is 0 Å². The van der Waals surface area contributed by atoms with Crippen LogP contribution in [-0.2, 0) is 17.8 Å². The molecule has 144 valence electrons. The first-order valence-electron chi connectivity index (χ1n) is 9.11. The van der Waals surface area contributed by atoms with Gasteiger partial charge in [0, 0.05) is 18.8 Å². The van der Waals surface area contributed by atoms with Crippen LogP contribution in [-0.4, -0.2) is 44.7 Å². The minimum absolute atomic E-state index is 0.0249. The predicted octanol–water partition coefficient (Wildman–Crippen LogP) is 3.10. The predicted molar refractivity (Wildman–Crippen MR) is 105 cm³/mol. The Morgan fingerprint density at radius 1 is 1.07 bits per heavy atom. The molecule has 6 heteroatoms. The Hall–Kier alpha value is -2.73. The van der Waals surface area contributed by atoms with E-state index in [0.717, 1.165) is 35.9 Å². The third-order valence-electron chi connectivity index (χ3n) is 4.61. The van der Waals surface area contributed by atoms with Crippen LogP contribution in [0, 0.1) is 0 Å². The van der Waals surface area contributed by atoms with Gasteiger partial charge in [0.15, 0.2) is 11.5 Å². The maximum absolute atomic E-state index is 12.4. The molecule has 0 aromatic heterocycles. The van der Waals surface area contributed by atoms with Gasteiger partial charge in [-0.25, -0.2) is 0 Å². The van der Waals surface area contributed by atoms with E-state index in [2.05, 4.69) is 10.2 Å². The van der Waals surface area contributed by atoms with Crippen molar-refractivity contribution in [2.24, 2.45) is 0 Å². The highest BCUT2D eigenvalue weighted by molar-refractivity contribution is 5.92. The summed E-state index contributed by atoms with van der Waals surface area (Å²) in [6, 6.07) is 11.5. The van der Waals surface area contributed by atoms with Crippen molar-refractivity contribution >= 4 is 11.6 Å². The highest BCUT2D eigenvalue weighted by Gasteiger charge is 2.21. The van der Waals surface area contributed by atoms with Crippen molar-refractivity contribution in [3.05, 3.63) is 47.5 Å². The average Bonchev–Trinajstić information content (AvgIpc) is 2.68. The van der Waals surface area contributed by atoms with Gasteiger partial charge in [-0.05, 0) is 60.9 Å². The van der Waals surface area contributed by atoms with E-state index >= 15 is 0 Å². The fraction of sp³-hybridized carbons (Fsp3) is 0.381. The van der Waals surface area contributed by atoms with Crippen LogP contribution in [0.3, 0.4) is 0 Å². The Bertz CT molecular complexity index is 790. The lowest BCUT2D eigenvalue weighted by Gasteiger charge is -2.29. The van der Waals surface area contributed by atoms with Crippen LogP contribution in [0.4, 0.5) is 5.69 Å². The minimum atomic E-state index is -0.0249. The monoisotopic (exact) mass is 370 g/mol. The number of rotatable bonds is 7. The maximum atomic E-state index is 12.4. The van der Waals surface area contributed by atoms with Crippen LogP contribution < -0.4 is 19.5 Å². The molecule has 1 N–H and O–H groups in total. The lowest BCUT2D eigenvalue weighted by Crippen LogP contribution is -2.37. The second kappa shape index (κ2) is 8.77. The van der Waals surface area contributed by atoms with E-state index in [9.17, 15) is 4.79 Å². The molecule has 6 nitrogen and oxygen atoms in total. The number of amides is 1. The molecule has 27 heavy (non-hydrogen) atoms. The zero-order chi connectivity index (χ0) is 19.2. The van der Waals surface area contributed by atoms with Crippen LogP contribution in [0.5, 0.6) is 17.2 Å². The normalized spacial score (nSPS) is 13.6. The Kier molecular flexibility index (Phi) is 6.19. The van der Waals surface area contributed by atoms with Crippen LogP contribution in [0.1, 0.15) is 18.1 Å². The van der Waals surface area contributed by atoms with Gasteiger partial charge in [-0.2, -0.15) is 0 Å². The fourth-order valence-corrected chi connectivity index (χ4v) is 3.28. The highest BCUT2D eigenvalue weighted by Crippen LogP contribution is 2.33. The summed E-state index contributed by atoms with van der Waals surface area (Å²) in [5.41, 5.74) is 3.19. The number of anilines is 1. The molecule has 1 heterocycles. The Morgan fingerprint density at radius 2 is 1.74 bits per heavy atom. The van der Waals surface area contributed by atoms with Gasteiger partial charge in [0.25, 0.3) is 0 Å². The maximum Gasteiger partial charge on any atom is 0.238 e. The molecule has 0 atom stereocenters.